The van der Waals surface area contributed by atoms with Crippen molar-refractivity contribution in [2.75, 3.05) is 5.75 Å². The van der Waals surface area contributed by atoms with E-state index in [0.29, 0.717) is 11.3 Å². The number of nitrogens with zero attached hydrogens (tertiary/aromatic N) is 1. The van der Waals surface area contributed by atoms with Crippen molar-refractivity contribution < 1.29 is 5.11 Å². The molecule has 2 nitrogen and oxygen atoms in total. The molecular formula is C16H15NOS. The standard InChI is InChI=1S/C16H15NOS/c17-10-13-6-8-14(9-7-13)11-19-12-16(18)15-4-2-1-3-5-15/h1-9,16,18H,11-12H2. The summed E-state index contributed by atoms with van der Waals surface area (Å²) in [4.78, 5) is 0. The SMILES string of the molecule is N#Cc1ccc(CSCC(O)c2ccccc2)cc1. The maximum Gasteiger partial charge on any atom is 0.0991 e. The Bertz CT molecular complexity index is 545. The van der Waals surface area contributed by atoms with Crippen LogP contribution in [-0.2, 0) is 5.75 Å². The monoisotopic (exact) mass is 269 g/mol. The molecule has 0 aromatic heterocycles. The van der Waals surface area contributed by atoms with Gasteiger partial charge in [-0.25, -0.2) is 0 Å². The quantitative estimate of drug-likeness (QED) is 0.903. The van der Waals surface area contributed by atoms with Crippen LogP contribution in [-0.4, -0.2) is 10.9 Å². The highest BCUT2D eigenvalue weighted by molar-refractivity contribution is 7.98. The summed E-state index contributed by atoms with van der Waals surface area (Å²) in [6.07, 6.45) is -0.426. The summed E-state index contributed by atoms with van der Waals surface area (Å²) >= 11 is 1.69. The van der Waals surface area contributed by atoms with Crippen molar-refractivity contribution in [2.45, 2.75) is 11.9 Å². The van der Waals surface area contributed by atoms with Crippen LogP contribution in [0.4, 0.5) is 0 Å². The molecule has 0 saturated carbocycles. The molecule has 3 heteroatoms. The van der Waals surface area contributed by atoms with Gasteiger partial charge in [-0.15, -0.1) is 0 Å². The van der Waals surface area contributed by atoms with Gasteiger partial charge in [0.25, 0.3) is 0 Å². The molecule has 0 fully saturated rings. The Morgan fingerprint density at radius 1 is 1.05 bits per heavy atom. The van der Waals surface area contributed by atoms with Crippen LogP contribution in [0.15, 0.2) is 54.6 Å². The Labute approximate surface area is 117 Å². The third-order valence-corrected chi connectivity index (χ3v) is 3.90. The first-order chi connectivity index (χ1) is 9.29. The van der Waals surface area contributed by atoms with Gasteiger partial charge in [-0.3, -0.25) is 0 Å². The molecule has 2 aromatic carbocycles. The van der Waals surface area contributed by atoms with Crippen LogP contribution in [0.2, 0.25) is 0 Å². The van der Waals surface area contributed by atoms with E-state index in [2.05, 4.69) is 6.07 Å². The van der Waals surface area contributed by atoms with E-state index < -0.39 is 6.10 Å². The molecule has 1 atom stereocenters. The largest absolute Gasteiger partial charge is 0.388 e. The van der Waals surface area contributed by atoms with E-state index in [-0.39, 0.29) is 0 Å². The van der Waals surface area contributed by atoms with Gasteiger partial charge in [0.05, 0.1) is 17.7 Å². The van der Waals surface area contributed by atoms with E-state index >= 15 is 0 Å². The van der Waals surface area contributed by atoms with Gasteiger partial charge in [0, 0.05) is 11.5 Å². The Morgan fingerprint density at radius 2 is 1.74 bits per heavy atom. The topological polar surface area (TPSA) is 44.0 Å². The fourth-order valence-corrected chi connectivity index (χ4v) is 2.70. The van der Waals surface area contributed by atoms with Gasteiger partial charge in [-0.1, -0.05) is 42.5 Å². The fourth-order valence-electron chi connectivity index (χ4n) is 1.74. The van der Waals surface area contributed by atoms with Crippen molar-refractivity contribution in [1.29, 1.82) is 5.26 Å². The maximum atomic E-state index is 10.0. The van der Waals surface area contributed by atoms with Gasteiger partial charge in [0.1, 0.15) is 0 Å². The average Bonchev–Trinajstić information content (AvgIpc) is 2.49. The summed E-state index contributed by atoms with van der Waals surface area (Å²) in [6, 6.07) is 19.4. The lowest BCUT2D eigenvalue weighted by Crippen LogP contribution is -2.00. The zero-order valence-corrected chi connectivity index (χ0v) is 11.3. The number of nitriles is 1. The van der Waals surface area contributed by atoms with Crippen LogP contribution < -0.4 is 0 Å². The average molecular weight is 269 g/mol. The summed E-state index contributed by atoms with van der Waals surface area (Å²) in [6.45, 7) is 0. The van der Waals surface area contributed by atoms with Crippen LogP contribution in [0.3, 0.4) is 0 Å². The predicted molar refractivity (Wildman–Crippen MR) is 78.7 cm³/mol. The molecule has 0 heterocycles. The van der Waals surface area contributed by atoms with Crippen molar-refractivity contribution in [3.63, 3.8) is 0 Å². The highest BCUT2D eigenvalue weighted by Crippen LogP contribution is 2.21. The molecule has 2 aromatic rings. The van der Waals surface area contributed by atoms with Crippen molar-refractivity contribution in [2.24, 2.45) is 0 Å². The predicted octanol–water partition coefficient (Wildman–Crippen LogP) is 3.53. The number of hydrogen-bond acceptors (Lipinski definition) is 3. The third kappa shape index (κ3) is 4.13. The highest BCUT2D eigenvalue weighted by atomic mass is 32.2. The first-order valence-corrected chi connectivity index (χ1v) is 7.25. The highest BCUT2D eigenvalue weighted by Gasteiger charge is 2.06. The van der Waals surface area contributed by atoms with E-state index in [0.717, 1.165) is 11.3 Å². The molecule has 0 aliphatic carbocycles. The third-order valence-electron chi connectivity index (χ3n) is 2.81. The van der Waals surface area contributed by atoms with Crippen LogP contribution in [0, 0.1) is 11.3 Å². The van der Waals surface area contributed by atoms with Crippen molar-refractivity contribution >= 4 is 11.8 Å². The van der Waals surface area contributed by atoms with Gasteiger partial charge in [0.2, 0.25) is 0 Å². The van der Waals surface area contributed by atoms with Gasteiger partial charge in [-0.05, 0) is 23.3 Å². The molecule has 19 heavy (non-hydrogen) atoms. The summed E-state index contributed by atoms with van der Waals surface area (Å²) in [5.74, 6) is 1.51. The first kappa shape index (κ1) is 13.7. The molecular weight excluding hydrogens is 254 g/mol. The van der Waals surface area contributed by atoms with E-state index in [1.165, 1.54) is 5.56 Å². The van der Waals surface area contributed by atoms with Gasteiger partial charge >= 0.3 is 0 Å². The molecule has 1 unspecified atom stereocenters. The number of aliphatic hydroxyl groups excluding tert-OH is 1. The molecule has 0 radical (unpaired) electrons. The second-order valence-corrected chi connectivity index (χ2v) is 5.28. The molecule has 0 bridgehead atoms. The smallest absolute Gasteiger partial charge is 0.0991 e. The Hall–Kier alpha value is -1.76. The lowest BCUT2D eigenvalue weighted by atomic mass is 10.1. The minimum absolute atomic E-state index is 0.426. The summed E-state index contributed by atoms with van der Waals surface area (Å²) < 4.78 is 0. The van der Waals surface area contributed by atoms with E-state index in [4.69, 9.17) is 5.26 Å². The van der Waals surface area contributed by atoms with Crippen LogP contribution in [0.1, 0.15) is 22.8 Å². The first-order valence-electron chi connectivity index (χ1n) is 6.09. The van der Waals surface area contributed by atoms with Crippen LogP contribution in [0.5, 0.6) is 0 Å². The van der Waals surface area contributed by atoms with E-state index in [9.17, 15) is 5.11 Å². The molecule has 0 saturated heterocycles. The second kappa shape index (κ2) is 6.98. The zero-order valence-electron chi connectivity index (χ0n) is 10.5. The summed E-state index contributed by atoms with van der Waals surface area (Å²) in [5, 5.41) is 18.7. The zero-order chi connectivity index (χ0) is 13.5. The van der Waals surface area contributed by atoms with Crippen molar-refractivity contribution in [3.05, 3.63) is 71.3 Å². The number of hydrogen-bond donors (Lipinski definition) is 1. The maximum absolute atomic E-state index is 10.0. The fraction of sp³-hybridized carbons (Fsp3) is 0.188. The molecule has 96 valence electrons. The minimum Gasteiger partial charge on any atom is -0.388 e. The van der Waals surface area contributed by atoms with E-state index in [1.54, 1.807) is 11.8 Å². The molecule has 0 spiro atoms. The minimum atomic E-state index is -0.426. The van der Waals surface area contributed by atoms with Crippen molar-refractivity contribution in [1.82, 2.24) is 0 Å². The number of thioether (sulfide) groups is 1. The van der Waals surface area contributed by atoms with Gasteiger partial charge in [-0.2, -0.15) is 17.0 Å². The molecule has 2 rings (SSSR count). The molecule has 1 N–H and O–H groups in total. The lowest BCUT2D eigenvalue weighted by molar-refractivity contribution is 0.204. The second-order valence-electron chi connectivity index (χ2n) is 4.25. The lowest BCUT2D eigenvalue weighted by Gasteiger charge is -2.10. The van der Waals surface area contributed by atoms with Crippen LogP contribution >= 0.6 is 11.8 Å². The molecule has 0 amide bonds. The normalized spacial score (nSPS) is 11.8. The number of benzene rings is 2. The Balaban J connectivity index is 1.81. The number of aliphatic hydroxyl groups is 1. The van der Waals surface area contributed by atoms with Crippen molar-refractivity contribution in [3.8, 4) is 6.07 Å². The van der Waals surface area contributed by atoms with Gasteiger partial charge in [0.15, 0.2) is 0 Å². The van der Waals surface area contributed by atoms with E-state index in [1.807, 2.05) is 54.6 Å². The Kier molecular flexibility index (Phi) is 5.02. The Morgan fingerprint density at radius 3 is 2.37 bits per heavy atom. The molecule has 0 aliphatic rings. The van der Waals surface area contributed by atoms with Crippen LogP contribution in [0.25, 0.3) is 0 Å². The van der Waals surface area contributed by atoms with Gasteiger partial charge < -0.3 is 5.11 Å². The molecule has 0 aliphatic heterocycles. The summed E-state index contributed by atoms with van der Waals surface area (Å²) in [5.41, 5.74) is 2.80. The number of rotatable bonds is 5. The summed E-state index contributed by atoms with van der Waals surface area (Å²) in [7, 11) is 0.